The zero-order valence-electron chi connectivity index (χ0n) is 10.9. The molecule has 5 nitrogen and oxygen atoms in total. The molecule has 0 aliphatic rings. The molecule has 1 aromatic carbocycles. The predicted octanol–water partition coefficient (Wildman–Crippen LogP) is 3.24. The van der Waals surface area contributed by atoms with Crippen LogP contribution >= 0.6 is 11.5 Å². The Labute approximate surface area is 122 Å². The molecule has 0 aliphatic carbocycles. The van der Waals surface area contributed by atoms with E-state index in [1.165, 1.54) is 18.3 Å². The van der Waals surface area contributed by atoms with Gasteiger partial charge in [0, 0.05) is 29.3 Å². The molecule has 9 heteroatoms. The van der Waals surface area contributed by atoms with Gasteiger partial charge in [-0.2, -0.15) is 13.2 Å². The van der Waals surface area contributed by atoms with Gasteiger partial charge in [0.1, 0.15) is 5.00 Å². The van der Waals surface area contributed by atoms with E-state index in [1.807, 2.05) is 0 Å². The van der Waals surface area contributed by atoms with Gasteiger partial charge in [0.15, 0.2) is 0 Å². The highest BCUT2D eigenvalue weighted by molar-refractivity contribution is 7.10. The summed E-state index contributed by atoms with van der Waals surface area (Å²) in [5, 5.41) is 8.95. The third kappa shape index (κ3) is 3.69. The lowest BCUT2D eigenvalue weighted by molar-refractivity contribution is -0.137. The molecule has 2 rings (SSSR count). The Bertz CT molecular complexity index is 628. The number of alkyl halides is 3. The number of nitrogens with zero attached hydrogens (tertiary/aromatic N) is 2. The second-order valence-corrected chi connectivity index (χ2v) is 4.81. The molecule has 112 valence electrons. The SMILES string of the molecule is CCNc1ccc(C(=O)Nc2cnns2)cc1C(F)(F)F. The zero-order chi connectivity index (χ0) is 15.5. The van der Waals surface area contributed by atoms with E-state index in [4.69, 9.17) is 0 Å². The van der Waals surface area contributed by atoms with Crippen molar-refractivity contribution in [1.29, 1.82) is 0 Å². The van der Waals surface area contributed by atoms with Crippen LogP contribution in [0.3, 0.4) is 0 Å². The highest BCUT2D eigenvalue weighted by Gasteiger charge is 2.34. The molecule has 1 heterocycles. The predicted molar refractivity (Wildman–Crippen MR) is 73.5 cm³/mol. The Morgan fingerprint density at radius 2 is 2.14 bits per heavy atom. The van der Waals surface area contributed by atoms with Gasteiger partial charge in [-0.05, 0) is 25.1 Å². The fraction of sp³-hybridized carbons (Fsp3) is 0.250. The van der Waals surface area contributed by atoms with Gasteiger partial charge >= 0.3 is 6.18 Å². The molecule has 0 fully saturated rings. The topological polar surface area (TPSA) is 66.9 Å². The Hall–Kier alpha value is -2.16. The van der Waals surface area contributed by atoms with E-state index in [-0.39, 0.29) is 11.3 Å². The molecule has 0 aliphatic heterocycles. The molecule has 0 atom stereocenters. The Morgan fingerprint density at radius 3 is 2.71 bits per heavy atom. The number of halogens is 3. The van der Waals surface area contributed by atoms with Crippen LogP contribution in [-0.4, -0.2) is 22.0 Å². The normalized spacial score (nSPS) is 11.2. The van der Waals surface area contributed by atoms with Crippen LogP contribution in [-0.2, 0) is 6.18 Å². The minimum Gasteiger partial charge on any atom is -0.385 e. The molecule has 2 aromatic rings. The van der Waals surface area contributed by atoms with Crippen LogP contribution in [0.5, 0.6) is 0 Å². The number of hydrogen-bond donors (Lipinski definition) is 2. The van der Waals surface area contributed by atoms with Crippen molar-refractivity contribution in [2.45, 2.75) is 13.1 Å². The van der Waals surface area contributed by atoms with Crippen LogP contribution in [0, 0.1) is 0 Å². The van der Waals surface area contributed by atoms with E-state index in [9.17, 15) is 18.0 Å². The van der Waals surface area contributed by atoms with Crippen LogP contribution in [0.1, 0.15) is 22.8 Å². The summed E-state index contributed by atoms with van der Waals surface area (Å²) in [6, 6.07) is 3.39. The molecule has 0 radical (unpaired) electrons. The Kier molecular flexibility index (Phi) is 4.41. The number of amides is 1. The molecule has 0 unspecified atom stereocenters. The molecule has 1 aromatic heterocycles. The van der Waals surface area contributed by atoms with E-state index in [0.29, 0.717) is 11.5 Å². The monoisotopic (exact) mass is 316 g/mol. The summed E-state index contributed by atoms with van der Waals surface area (Å²) in [6.07, 6.45) is -3.22. The van der Waals surface area contributed by atoms with Crippen molar-refractivity contribution in [1.82, 2.24) is 9.59 Å². The fourth-order valence-corrected chi connectivity index (χ4v) is 2.09. The molecule has 21 heavy (non-hydrogen) atoms. The van der Waals surface area contributed by atoms with Crippen LogP contribution in [0.25, 0.3) is 0 Å². The quantitative estimate of drug-likeness (QED) is 0.909. The maximum absolute atomic E-state index is 13.0. The van der Waals surface area contributed by atoms with Crippen molar-refractivity contribution in [2.24, 2.45) is 0 Å². The van der Waals surface area contributed by atoms with E-state index in [2.05, 4.69) is 20.2 Å². The molecule has 0 saturated carbocycles. The van der Waals surface area contributed by atoms with Crippen LogP contribution in [0.15, 0.2) is 24.4 Å². The lowest BCUT2D eigenvalue weighted by Crippen LogP contribution is -2.15. The number of hydrogen-bond acceptors (Lipinski definition) is 5. The van der Waals surface area contributed by atoms with E-state index in [0.717, 1.165) is 17.6 Å². The summed E-state index contributed by atoms with van der Waals surface area (Å²) in [5.41, 5.74) is -1.02. The van der Waals surface area contributed by atoms with Gasteiger partial charge in [-0.15, -0.1) is 5.10 Å². The number of aromatic nitrogens is 2. The average molecular weight is 316 g/mol. The van der Waals surface area contributed by atoms with Crippen molar-refractivity contribution >= 4 is 28.1 Å². The average Bonchev–Trinajstić information content (AvgIpc) is 2.91. The van der Waals surface area contributed by atoms with Gasteiger partial charge in [-0.3, -0.25) is 4.79 Å². The van der Waals surface area contributed by atoms with Gasteiger partial charge in [-0.25, -0.2) is 0 Å². The number of nitrogens with one attached hydrogen (secondary N) is 2. The minimum absolute atomic E-state index is 0.0546. The molecule has 0 spiro atoms. The summed E-state index contributed by atoms with van der Waals surface area (Å²) >= 11 is 0.939. The van der Waals surface area contributed by atoms with Crippen molar-refractivity contribution in [3.05, 3.63) is 35.5 Å². The van der Waals surface area contributed by atoms with Crippen LogP contribution in [0.2, 0.25) is 0 Å². The van der Waals surface area contributed by atoms with Gasteiger partial charge in [-0.1, -0.05) is 4.49 Å². The van der Waals surface area contributed by atoms with Crippen molar-refractivity contribution in [3.8, 4) is 0 Å². The number of carbonyl (C=O) groups is 1. The van der Waals surface area contributed by atoms with Gasteiger partial charge in [0.2, 0.25) is 0 Å². The maximum atomic E-state index is 13.0. The first-order chi connectivity index (χ1) is 9.91. The van der Waals surface area contributed by atoms with Crippen molar-refractivity contribution < 1.29 is 18.0 Å². The number of carbonyl (C=O) groups excluding carboxylic acids is 1. The van der Waals surface area contributed by atoms with Gasteiger partial charge in [0.05, 0.1) is 11.8 Å². The highest BCUT2D eigenvalue weighted by atomic mass is 32.1. The molecular weight excluding hydrogens is 305 g/mol. The largest absolute Gasteiger partial charge is 0.418 e. The zero-order valence-corrected chi connectivity index (χ0v) is 11.7. The first-order valence-corrected chi connectivity index (χ1v) is 6.73. The third-order valence-electron chi connectivity index (χ3n) is 2.55. The standard InChI is InChI=1S/C12H11F3N4OS/c1-2-16-9-4-3-7(5-8(9)12(13,14)15)11(20)18-10-6-17-19-21-10/h3-6,16H,2H2,1H3,(H,18,20). The van der Waals surface area contributed by atoms with E-state index < -0.39 is 17.6 Å². The molecule has 2 N–H and O–H groups in total. The summed E-state index contributed by atoms with van der Waals surface area (Å²) in [6.45, 7) is 2.04. The lowest BCUT2D eigenvalue weighted by Gasteiger charge is -2.15. The molecule has 0 saturated heterocycles. The second-order valence-electron chi connectivity index (χ2n) is 4.02. The molecule has 1 amide bonds. The first kappa shape index (κ1) is 15.2. The third-order valence-corrected chi connectivity index (χ3v) is 3.13. The molecular formula is C12H11F3N4OS. The summed E-state index contributed by atoms with van der Waals surface area (Å²) < 4.78 is 42.6. The smallest absolute Gasteiger partial charge is 0.385 e. The van der Waals surface area contributed by atoms with Gasteiger partial charge < -0.3 is 10.6 Å². The summed E-state index contributed by atoms with van der Waals surface area (Å²) in [4.78, 5) is 11.9. The van der Waals surface area contributed by atoms with Gasteiger partial charge in [0.25, 0.3) is 5.91 Å². The fourth-order valence-electron chi connectivity index (χ4n) is 1.67. The summed E-state index contributed by atoms with van der Waals surface area (Å²) in [5.74, 6) is -0.644. The summed E-state index contributed by atoms with van der Waals surface area (Å²) in [7, 11) is 0. The van der Waals surface area contributed by atoms with E-state index >= 15 is 0 Å². The maximum Gasteiger partial charge on any atom is 0.418 e. The molecule has 0 bridgehead atoms. The number of benzene rings is 1. The highest BCUT2D eigenvalue weighted by Crippen LogP contribution is 2.35. The number of rotatable bonds is 4. The Balaban J connectivity index is 2.30. The second kappa shape index (κ2) is 6.08. The minimum atomic E-state index is -4.54. The first-order valence-electron chi connectivity index (χ1n) is 5.95. The number of anilines is 2. The van der Waals surface area contributed by atoms with Crippen molar-refractivity contribution in [2.75, 3.05) is 17.2 Å². The van der Waals surface area contributed by atoms with Crippen LogP contribution < -0.4 is 10.6 Å². The Morgan fingerprint density at radius 1 is 1.38 bits per heavy atom. The van der Waals surface area contributed by atoms with E-state index in [1.54, 1.807) is 6.92 Å². The lowest BCUT2D eigenvalue weighted by atomic mass is 10.1. The van der Waals surface area contributed by atoms with Crippen molar-refractivity contribution in [3.63, 3.8) is 0 Å². The van der Waals surface area contributed by atoms with Crippen LogP contribution in [0.4, 0.5) is 23.9 Å².